The van der Waals surface area contributed by atoms with Gasteiger partial charge in [-0.2, -0.15) is 0 Å². The Morgan fingerprint density at radius 1 is 1.42 bits per heavy atom. The molecule has 0 spiro atoms. The summed E-state index contributed by atoms with van der Waals surface area (Å²) in [6.45, 7) is 9.30. The molecule has 0 fully saturated rings. The molecule has 0 aromatic heterocycles. The first-order chi connectivity index (χ1) is 8.69. The SMILES string of the molecule is Cc1ccc(C(C)O)c(OCC(=O)NC(C)(C)C)c1. The lowest BCUT2D eigenvalue weighted by Crippen LogP contribution is -2.43. The molecule has 0 bridgehead atoms. The van der Waals surface area contributed by atoms with Crippen molar-refractivity contribution in [3.8, 4) is 5.75 Å². The van der Waals surface area contributed by atoms with Crippen LogP contribution in [0.4, 0.5) is 0 Å². The highest BCUT2D eigenvalue weighted by Gasteiger charge is 2.15. The number of benzene rings is 1. The molecule has 0 aliphatic heterocycles. The van der Waals surface area contributed by atoms with Crippen molar-refractivity contribution in [2.45, 2.75) is 46.3 Å². The highest BCUT2D eigenvalue weighted by molar-refractivity contribution is 5.78. The van der Waals surface area contributed by atoms with Crippen LogP contribution in [0.3, 0.4) is 0 Å². The van der Waals surface area contributed by atoms with Gasteiger partial charge in [0.25, 0.3) is 5.91 Å². The minimum Gasteiger partial charge on any atom is -0.483 e. The smallest absolute Gasteiger partial charge is 0.258 e. The molecule has 0 heterocycles. The van der Waals surface area contributed by atoms with Crippen molar-refractivity contribution < 1.29 is 14.6 Å². The molecule has 4 nitrogen and oxygen atoms in total. The van der Waals surface area contributed by atoms with Gasteiger partial charge in [0.05, 0.1) is 6.10 Å². The summed E-state index contributed by atoms with van der Waals surface area (Å²) in [5.74, 6) is 0.379. The highest BCUT2D eigenvalue weighted by atomic mass is 16.5. The maximum absolute atomic E-state index is 11.7. The van der Waals surface area contributed by atoms with Crippen LogP contribution in [-0.4, -0.2) is 23.2 Å². The van der Waals surface area contributed by atoms with Gasteiger partial charge < -0.3 is 15.2 Å². The van der Waals surface area contributed by atoms with Crippen LogP contribution in [0, 0.1) is 6.92 Å². The second kappa shape index (κ2) is 6.06. The molecule has 1 aromatic rings. The zero-order chi connectivity index (χ0) is 14.6. The molecule has 0 saturated carbocycles. The van der Waals surface area contributed by atoms with E-state index in [2.05, 4.69) is 5.32 Å². The average molecular weight is 265 g/mol. The molecule has 1 aromatic carbocycles. The average Bonchev–Trinajstić information content (AvgIpc) is 2.23. The van der Waals surface area contributed by atoms with Crippen molar-refractivity contribution in [1.82, 2.24) is 5.32 Å². The first-order valence-corrected chi connectivity index (χ1v) is 6.41. The van der Waals surface area contributed by atoms with Crippen molar-refractivity contribution in [1.29, 1.82) is 0 Å². The summed E-state index contributed by atoms with van der Waals surface area (Å²) in [6, 6.07) is 5.55. The van der Waals surface area contributed by atoms with Crippen molar-refractivity contribution in [3.05, 3.63) is 29.3 Å². The van der Waals surface area contributed by atoms with Gasteiger partial charge in [-0.05, 0) is 46.2 Å². The summed E-state index contributed by atoms with van der Waals surface area (Å²) in [5, 5.41) is 12.5. The molecule has 2 N–H and O–H groups in total. The van der Waals surface area contributed by atoms with Gasteiger partial charge in [0.15, 0.2) is 6.61 Å². The lowest BCUT2D eigenvalue weighted by molar-refractivity contribution is -0.124. The van der Waals surface area contributed by atoms with E-state index in [1.54, 1.807) is 6.92 Å². The number of carbonyl (C=O) groups excluding carboxylic acids is 1. The third kappa shape index (κ3) is 5.30. The zero-order valence-electron chi connectivity index (χ0n) is 12.3. The Morgan fingerprint density at radius 3 is 2.58 bits per heavy atom. The summed E-state index contributed by atoms with van der Waals surface area (Å²) in [4.78, 5) is 11.7. The highest BCUT2D eigenvalue weighted by Crippen LogP contribution is 2.26. The number of aliphatic hydroxyl groups is 1. The molecule has 0 aliphatic carbocycles. The van der Waals surface area contributed by atoms with Crippen LogP contribution in [0.25, 0.3) is 0 Å². The van der Waals surface area contributed by atoms with Crippen molar-refractivity contribution in [3.63, 3.8) is 0 Å². The van der Waals surface area contributed by atoms with Crippen molar-refractivity contribution in [2.75, 3.05) is 6.61 Å². The molecular weight excluding hydrogens is 242 g/mol. The van der Waals surface area contributed by atoms with E-state index >= 15 is 0 Å². The third-order valence-electron chi connectivity index (χ3n) is 2.49. The number of nitrogens with one attached hydrogen (secondary N) is 1. The number of carbonyl (C=O) groups is 1. The van der Waals surface area contributed by atoms with Crippen LogP contribution in [0.1, 0.15) is 44.9 Å². The lowest BCUT2D eigenvalue weighted by Gasteiger charge is -2.21. The number of rotatable bonds is 4. The summed E-state index contributed by atoms with van der Waals surface area (Å²) in [7, 11) is 0. The first-order valence-electron chi connectivity index (χ1n) is 6.41. The molecule has 4 heteroatoms. The Balaban J connectivity index is 2.72. The molecule has 1 atom stereocenters. The van der Waals surface area contributed by atoms with E-state index in [-0.39, 0.29) is 18.1 Å². The standard InChI is InChI=1S/C15H23NO3/c1-10-6-7-12(11(2)17)13(8-10)19-9-14(18)16-15(3,4)5/h6-8,11,17H,9H2,1-5H3,(H,16,18). The molecule has 106 valence electrons. The van der Waals surface area contributed by atoms with Crippen LogP contribution < -0.4 is 10.1 Å². The monoisotopic (exact) mass is 265 g/mol. The van der Waals surface area contributed by atoms with E-state index < -0.39 is 6.10 Å². The number of ether oxygens (including phenoxy) is 1. The number of aliphatic hydroxyl groups excluding tert-OH is 1. The molecule has 1 unspecified atom stereocenters. The van der Waals surface area contributed by atoms with Gasteiger partial charge in [-0.1, -0.05) is 12.1 Å². The predicted molar refractivity (Wildman–Crippen MR) is 75.2 cm³/mol. The Bertz CT molecular complexity index is 447. The number of amides is 1. The Labute approximate surface area is 114 Å². The maximum atomic E-state index is 11.7. The zero-order valence-corrected chi connectivity index (χ0v) is 12.3. The molecule has 19 heavy (non-hydrogen) atoms. The number of hydrogen-bond acceptors (Lipinski definition) is 3. The van der Waals surface area contributed by atoms with Gasteiger partial charge in [0, 0.05) is 11.1 Å². The summed E-state index contributed by atoms with van der Waals surface area (Å²) >= 11 is 0. The summed E-state index contributed by atoms with van der Waals surface area (Å²) < 4.78 is 5.51. The van der Waals surface area contributed by atoms with Gasteiger partial charge in [0.2, 0.25) is 0 Å². The van der Waals surface area contributed by atoms with E-state index in [9.17, 15) is 9.90 Å². The lowest BCUT2D eigenvalue weighted by atomic mass is 10.1. The second-order valence-corrected chi connectivity index (χ2v) is 5.80. The maximum Gasteiger partial charge on any atom is 0.258 e. The molecule has 0 saturated heterocycles. The minimum atomic E-state index is -0.624. The quantitative estimate of drug-likeness (QED) is 0.878. The van der Waals surface area contributed by atoms with Gasteiger partial charge in [-0.15, -0.1) is 0 Å². The molecule has 0 aliphatic rings. The molecule has 1 rings (SSSR count). The van der Waals surface area contributed by atoms with E-state index in [1.165, 1.54) is 0 Å². The fraction of sp³-hybridized carbons (Fsp3) is 0.533. The van der Waals surface area contributed by atoms with Crippen LogP contribution >= 0.6 is 0 Å². The van der Waals surface area contributed by atoms with E-state index in [4.69, 9.17) is 4.74 Å². The van der Waals surface area contributed by atoms with E-state index in [1.807, 2.05) is 45.9 Å². The first kappa shape index (κ1) is 15.5. The Morgan fingerprint density at radius 2 is 2.05 bits per heavy atom. The minimum absolute atomic E-state index is 0.0551. The Hall–Kier alpha value is -1.55. The van der Waals surface area contributed by atoms with E-state index in [0.717, 1.165) is 5.56 Å². The van der Waals surface area contributed by atoms with Crippen LogP contribution in [-0.2, 0) is 4.79 Å². The van der Waals surface area contributed by atoms with Gasteiger partial charge >= 0.3 is 0 Å². The molecular formula is C15H23NO3. The van der Waals surface area contributed by atoms with Crippen LogP contribution in [0.2, 0.25) is 0 Å². The normalized spacial score (nSPS) is 12.9. The number of hydrogen-bond donors (Lipinski definition) is 2. The molecule has 1 amide bonds. The summed E-state index contributed by atoms with van der Waals surface area (Å²) in [6.07, 6.45) is -0.624. The summed E-state index contributed by atoms with van der Waals surface area (Å²) in [5.41, 5.74) is 1.44. The number of aryl methyl sites for hydroxylation is 1. The van der Waals surface area contributed by atoms with E-state index in [0.29, 0.717) is 11.3 Å². The fourth-order valence-corrected chi connectivity index (χ4v) is 1.71. The predicted octanol–water partition coefficient (Wildman–Crippen LogP) is 2.34. The second-order valence-electron chi connectivity index (χ2n) is 5.80. The Kier molecular flexibility index (Phi) is 4.95. The van der Waals surface area contributed by atoms with Gasteiger partial charge in [0.1, 0.15) is 5.75 Å². The topological polar surface area (TPSA) is 58.6 Å². The van der Waals surface area contributed by atoms with Gasteiger partial charge in [-0.3, -0.25) is 4.79 Å². The largest absolute Gasteiger partial charge is 0.483 e. The van der Waals surface area contributed by atoms with Gasteiger partial charge in [-0.25, -0.2) is 0 Å². The van der Waals surface area contributed by atoms with Crippen LogP contribution in [0.15, 0.2) is 18.2 Å². The molecule has 0 radical (unpaired) electrons. The van der Waals surface area contributed by atoms with Crippen LogP contribution in [0.5, 0.6) is 5.75 Å². The third-order valence-corrected chi connectivity index (χ3v) is 2.49. The fourth-order valence-electron chi connectivity index (χ4n) is 1.71. The van der Waals surface area contributed by atoms with Crippen molar-refractivity contribution >= 4 is 5.91 Å². The van der Waals surface area contributed by atoms with Crippen molar-refractivity contribution in [2.24, 2.45) is 0 Å².